The van der Waals surface area contributed by atoms with Crippen LogP contribution < -0.4 is 18.5 Å². The van der Waals surface area contributed by atoms with Gasteiger partial charge in [-0.05, 0) is 43.2 Å². The number of ether oxygens (including phenoxy) is 3. The van der Waals surface area contributed by atoms with Crippen LogP contribution in [0.15, 0.2) is 65.7 Å². The molecule has 0 spiro atoms. The van der Waals surface area contributed by atoms with Crippen molar-refractivity contribution >= 4 is 27.5 Å². The molecular weight excluding hydrogens is 548 g/mol. The second-order valence-corrected chi connectivity index (χ2v) is 11.7. The lowest BCUT2D eigenvalue weighted by Crippen LogP contribution is -2.59. The summed E-state index contributed by atoms with van der Waals surface area (Å²) in [5.41, 5.74) is -0.802. The third-order valence-electron chi connectivity index (χ3n) is 7.66. The Bertz CT molecular complexity index is 1610. The van der Waals surface area contributed by atoms with Crippen LogP contribution in [0, 0.1) is 0 Å². The Morgan fingerprint density at radius 3 is 2.41 bits per heavy atom. The van der Waals surface area contributed by atoms with Gasteiger partial charge in [-0.1, -0.05) is 18.2 Å². The highest BCUT2D eigenvalue weighted by Crippen LogP contribution is 2.54. The molecule has 2 aromatic carbocycles. The fourth-order valence-corrected chi connectivity index (χ4v) is 7.50. The molecule has 2 atom stereocenters. The number of likely N-dealkylation sites (N-methyl/N-ethyl adjacent to an activating group) is 1. The number of benzene rings is 2. The molecule has 2 aliphatic heterocycles. The Balaban J connectivity index is 1.82. The van der Waals surface area contributed by atoms with Gasteiger partial charge in [-0.25, -0.2) is 17.7 Å². The van der Waals surface area contributed by atoms with Crippen molar-refractivity contribution < 1.29 is 32.2 Å². The van der Waals surface area contributed by atoms with Crippen LogP contribution in [-0.2, 0) is 25.2 Å². The Morgan fingerprint density at radius 2 is 1.73 bits per heavy atom. The SMILES string of the molecule is COc1ccc(S(=O)(=O)N2C(=O)C(c3cccnc3OC)(N3CCC[C@H]3C(=O)N(C)C)c3ccccc32)c(OC)c1. The van der Waals surface area contributed by atoms with Crippen LogP contribution in [0.25, 0.3) is 0 Å². The second kappa shape index (κ2) is 10.7. The first-order valence-electron chi connectivity index (χ1n) is 13.0. The molecule has 0 bridgehead atoms. The lowest BCUT2D eigenvalue weighted by atomic mass is 9.81. The highest BCUT2D eigenvalue weighted by Gasteiger charge is 2.63. The minimum absolute atomic E-state index is 0.0212. The van der Waals surface area contributed by atoms with Crippen molar-refractivity contribution in [3.8, 4) is 17.4 Å². The maximum absolute atomic E-state index is 15.1. The maximum atomic E-state index is 15.1. The summed E-state index contributed by atoms with van der Waals surface area (Å²) in [7, 11) is 3.03. The summed E-state index contributed by atoms with van der Waals surface area (Å²) in [6, 6.07) is 13.7. The van der Waals surface area contributed by atoms with Crippen molar-refractivity contribution in [2.75, 3.05) is 46.3 Å². The first-order chi connectivity index (χ1) is 19.6. The number of methoxy groups -OCH3 is 3. The maximum Gasteiger partial charge on any atom is 0.274 e. The minimum Gasteiger partial charge on any atom is -0.497 e. The predicted octanol–water partition coefficient (Wildman–Crippen LogP) is 2.64. The van der Waals surface area contributed by atoms with E-state index >= 15 is 4.79 Å². The number of amides is 2. The highest BCUT2D eigenvalue weighted by molar-refractivity contribution is 7.93. The molecule has 5 rings (SSSR count). The van der Waals surface area contributed by atoms with Crippen LogP contribution in [0.1, 0.15) is 24.0 Å². The van der Waals surface area contributed by atoms with E-state index in [1.165, 1.54) is 50.6 Å². The van der Waals surface area contributed by atoms with Crippen molar-refractivity contribution in [3.63, 3.8) is 0 Å². The van der Waals surface area contributed by atoms with Crippen molar-refractivity contribution in [2.45, 2.75) is 29.3 Å². The molecule has 2 aliphatic rings. The summed E-state index contributed by atoms with van der Waals surface area (Å²) in [5, 5.41) is 0. The van der Waals surface area contributed by atoms with E-state index in [-0.39, 0.29) is 28.1 Å². The van der Waals surface area contributed by atoms with Crippen molar-refractivity contribution in [1.29, 1.82) is 0 Å². The molecule has 1 fully saturated rings. The first-order valence-corrected chi connectivity index (χ1v) is 14.5. The van der Waals surface area contributed by atoms with Gasteiger partial charge in [-0.15, -0.1) is 0 Å². The standard InChI is InChI=1S/C29H32N4O7S/c1-31(2)27(34)23-13-9-17-32(23)29(21-11-8-16-30-26(21)40-5)20-10-6-7-12-22(20)33(28(29)35)41(36,37)25-15-14-19(38-3)18-24(25)39-4/h6-8,10-12,14-16,18,23H,9,13,17H2,1-5H3/t23-,29?/m0/s1. The van der Waals surface area contributed by atoms with Crippen LogP contribution >= 0.6 is 0 Å². The number of carbonyl (C=O) groups excluding carboxylic acids is 2. The van der Waals surface area contributed by atoms with Crippen LogP contribution in [0.3, 0.4) is 0 Å². The lowest BCUT2D eigenvalue weighted by molar-refractivity contribution is -0.138. The molecule has 3 aromatic rings. The number of fused-ring (bicyclic) bond motifs is 1. The van der Waals surface area contributed by atoms with E-state index in [2.05, 4.69) is 4.98 Å². The third-order valence-corrected chi connectivity index (χ3v) is 9.40. The summed E-state index contributed by atoms with van der Waals surface area (Å²) in [4.78, 5) is 36.0. The largest absolute Gasteiger partial charge is 0.497 e. The van der Waals surface area contributed by atoms with Crippen molar-refractivity contribution in [2.24, 2.45) is 0 Å². The lowest BCUT2D eigenvalue weighted by Gasteiger charge is -2.41. The average molecular weight is 581 g/mol. The number of likely N-dealkylation sites (tertiary alicyclic amines) is 1. The summed E-state index contributed by atoms with van der Waals surface area (Å²) >= 11 is 0. The molecule has 1 saturated heterocycles. The Kier molecular flexibility index (Phi) is 7.39. The molecule has 0 N–H and O–H groups in total. The normalized spacial score (nSPS) is 20.6. The molecule has 3 heterocycles. The van der Waals surface area contributed by atoms with Gasteiger partial charge in [0.25, 0.3) is 15.9 Å². The molecule has 2 amide bonds. The number of para-hydroxylation sites is 1. The van der Waals surface area contributed by atoms with E-state index in [0.29, 0.717) is 36.3 Å². The van der Waals surface area contributed by atoms with Gasteiger partial charge >= 0.3 is 0 Å². The number of anilines is 1. The predicted molar refractivity (Wildman–Crippen MR) is 151 cm³/mol. The van der Waals surface area contributed by atoms with Gasteiger partial charge in [-0.2, -0.15) is 0 Å². The van der Waals surface area contributed by atoms with Gasteiger partial charge in [0.2, 0.25) is 11.8 Å². The molecule has 41 heavy (non-hydrogen) atoms. The van der Waals surface area contributed by atoms with E-state index in [9.17, 15) is 13.2 Å². The van der Waals surface area contributed by atoms with Crippen LogP contribution in [0.2, 0.25) is 0 Å². The molecule has 0 saturated carbocycles. The smallest absolute Gasteiger partial charge is 0.274 e. The number of aromatic nitrogens is 1. The zero-order chi connectivity index (χ0) is 29.5. The number of pyridine rings is 1. The number of carbonyl (C=O) groups is 2. The molecule has 0 aliphatic carbocycles. The van der Waals surface area contributed by atoms with Gasteiger partial charge in [0.15, 0.2) is 5.54 Å². The zero-order valence-electron chi connectivity index (χ0n) is 23.5. The number of rotatable bonds is 8. The van der Waals surface area contributed by atoms with E-state index in [1.807, 2.05) is 0 Å². The Hall–Kier alpha value is -4.16. The quantitative estimate of drug-likeness (QED) is 0.396. The fourth-order valence-electron chi connectivity index (χ4n) is 5.90. The Labute approximate surface area is 239 Å². The van der Waals surface area contributed by atoms with Crippen LogP contribution in [0.5, 0.6) is 17.4 Å². The van der Waals surface area contributed by atoms with Crippen LogP contribution in [-0.4, -0.2) is 83.0 Å². The first kappa shape index (κ1) is 28.4. The van der Waals surface area contributed by atoms with Gasteiger partial charge in [-0.3, -0.25) is 14.5 Å². The van der Waals surface area contributed by atoms with E-state index in [1.54, 1.807) is 55.4 Å². The van der Waals surface area contributed by atoms with Crippen molar-refractivity contribution in [3.05, 3.63) is 71.9 Å². The van der Waals surface area contributed by atoms with Gasteiger partial charge in [0, 0.05) is 44.0 Å². The van der Waals surface area contributed by atoms with Crippen molar-refractivity contribution in [1.82, 2.24) is 14.8 Å². The molecular formula is C29H32N4O7S. The summed E-state index contributed by atoms with van der Waals surface area (Å²) in [6.07, 6.45) is 2.66. The number of hydrogen-bond acceptors (Lipinski definition) is 9. The molecule has 1 unspecified atom stereocenters. The Morgan fingerprint density at radius 1 is 1.00 bits per heavy atom. The molecule has 216 valence electrons. The topological polar surface area (TPSA) is 119 Å². The molecule has 0 radical (unpaired) electrons. The average Bonchev–Trinajstić information content (AvgIpc) is 3.57. The summed E-state index contributed by atoms with van der Waals surface area (Å²) in [6.45, 7) is 0.363. The van der Waals surface area contributed by atoms with E-state index < -0.39 is 27.5 Å². The summed E-state index contributed by atoms with van der Waals surface area (Å²) in [5.74, 6) is -0.382. The number of nitrogens with zero attached hydrogens (tertiary/aromatic N) is 4. The second-order valence-electron chi connectivity index (χ2n) is 9.96. The van der Waals surface area contributed by atoms with E-state index in [4.69, 9.17) is 14.2 Å². The molecule has 12 heteroatoms. The van der Waals surface area contributed by atoms with Gasteiger partial charge in [0.1, 0.15) is 16.4 Å². The minimum atomic E-state index is -4.53. The summed E-state index contributed by atoms with van der Waals surface area (Å²) < 4.78 is 46.0. The number of hydrogen-bond donors (Lipinski definition) is 0. The van der Waals surface area contributed by atoms with E-state index in [0.717, 1.165) is 4.31 Å². The molecule has 11 nitrogen and oxygen atoms in total. The highest BCUT2D eigenvalue weighted by atomic mass is 32.2. The zero-order valence-corrected chi connectivity index (χ0v) is 24.3. The fraction of sp³-hybridized carbons (Fsp3) is 0.345. The van der Waals surface area contributed by atoms with Crippen LogP contribution in [0.4, 0.5) is 5.69 Å². The van der Waals surface area contributed by atoms with Gasteiger partial charge < -0.3 is 19.1 Å². The van der Waals surface area contributed by atoms with Gasteiger partial charge in [0.05, 0.1) is 33.1 Å². The monoisotopic (exact) mass is 580 g/mol. The number of sulfonamides is 1. The third kappa shape index (κ3) is 4.20. The molecule has 1 aromatic heterocycles.